The van der Waals surface area contributed by atoms with E-state index < -0.39 is 11.9 Å². The predicted octanol–water partition coefficient (Wildman–Crippen LogP) is 3.59. The Balaban J connectivity index is 1.62. The SMILES string of the molecule is CN=C(NCCCCN1CC(C)CC(C)C1)NCc1nc(C(F)(F)F)cs1. The van der Waals surface area contributed by atoms with E-state index >= 15 is 0 Å². The van der Waals surface area contributed by atoms with Crippen LogP contribution in [0.1, 0.15) is 43.8 Å². The van der Waals surface area contributed by atoms with E-state index in [0.717, 1.165) is 54.5 Å². The maximum Gasteiger partial charge on any atom is 0.434 e. The Morgan fingerprint density at radius 1 is 1.26 bits per heavy atom. The Hall–Kier alpha value is -1.35. The lowest BCUT2D eigenvalue weighted by Crippen LogP contribution is -2.40. The highest BCUT2D eigenvalue weighted by atomic mass is 32.1. The molecule has 2 unspecified atom stereocenters. The zero-order chi connectivity index (χ0) is 19.9. The highest BCUT2D eigenvalue weighted by Gasteiger charge is 2.33. The maximum absolute atomic E-state index is 12.6. The molecule has 1 aliphatic rings. The van der Waals surface area contributed by atoms with Crippen molar-refractivity contribution in [2.75, 3.05) is 33.2 Å². The van der Waals surface area contributed by atoms with Gasteiger partial charge in [-0.3, -0.25) is 4.99 Å². The normalized spacial score (nSPS) is 22.1. The summed E-state index contributed by atoms with van der Waals surface area (Å²) < 4.78 is 37.7. The lowest BCUT2D eigenvalue weighted by Gasteiger charge is -2.34. The summed E-state index contributed by atoms with van der Waals surface area (Å²) in [4.78, 5) is 10.3. The number of piperidine rings is 1. The van der Waals surface area contributed by atoms with Crippen molar-refractivity contribution in [1.29, 1.82) is 0 Å². The second-order valence-electron chi connectivity index (χ2n) is 7.39. The van der Waals surface area contributed by atoms with Crippen LogP contribution in [0.3, 0.4) is 0 Å². The van der Waals surface area contributed by atoms with Crippen molar-refractivity contribution in [2.24, 2.45) is 16.8 Å². The number of hydrogen-bond acceptors (Lipinski definition) is 4. The first-order chi connectivity index (χ1) is 12.8. The van der Waals surface area contributed by atoms with E-state index in [1.165, 1.54) is 19.5 Å². The maximum atomic E-state index is 12.6. The number of nitrogens with zero attached hydrogens (tertiary/aromatic N) is 3. The van der Waals surface area contributed by atoms with Crippen LogP contribution in [0.15, 0.2) is 10.4 Å². The molecule has 0 bridgehead atoms. The summed E-state index contributed by atoms with van der Waals surface area (Å²) in [6.07, 6.45) is -0.928. The summed E-state index contributed by atoms with van der Waals surface area (Å²) in [5.41, 5.74) is -0.839. The molecule has 5 nitrogen and oxygen atoms in total. The summed E-state index contributed by atoms with van der Waals surface area (Å²) in [5.74, 6) is 2.14. The van der Waals surface area contributed by atoms with Crippen molar-refractivity contribution >= 4 is 17.3 Å². The smallest absolute Gasteiger partial charge is 0.356 e. The standard InChI is InChI=1S/C18H30F3N5S/c1-13-8-14(2)11-26(10-13)7-5-4-6-23-17(22-3)24-9-16-25-15(12-27-16)18(19,20)21/h12-14H,4-11H2,1-3H3,(H2,22,23,24). The first-order valence-electron chi connectivity index (χ1n) is 9.46. The number of nitrogens with one attached hydrogen (secondary N) is 2. The van der Waals surface area contributed by atoms with E-state index in [1.54, 1.807) is 7.05 Å². The van der Waals surface area contributed by atoms with Crippen LogP contribution >= 0.6 is 11.3 Å². The molecule has 1 fully saturated rings. The fourth-order valence-electron chi connectivity index (χ4n) is 3.54. The third-order valence-electron chi connectivity index (χ3n) is 4.61. The van der Waals surface area contributed by atoms with Crippen LogP contribution < -0.4 is 10.6 Å². The summed E-state index contributed by atoms with van der Waals surface area (Å²) in [7, 11) is 1.65. The predicted molar refractivity (Wildman–Crippen MR) is 104 cm³/mol. The molecule has 9 heteroatoms. The summed E-state index contributed by atoms with van der Waals surface area (Å²) in [6.45, 7) is 9.14. The number of aliphatic imine (C=N–C) groups is 1. The first-order valence-corrected chi connectivity index (χ1v) is 10.3. The number of unbranched alkanes of at least 4 members (excludes halogenated alkanes) is 1. The monoisotopic (exact) mass is 405 g/mol. The largest absolute Gasteiger partial charge is 0.434 e. The van der Waals surface area contributed by atoms with Gasteiger partial charge in [-0.15, -0.1) is 11.3 Å². The highest BCUT2D eigenvalue weighted by molar-refractivity contribution is 7.09. The van der Waals surface area contributed by atoms with Crippen LogP contribution in [0, 0.1) is 11.8 Å². The highest BCUT2D eigenvalue weighted by Crippen LogP contribution is 2.29. The molecule has 2 N–H and O–H groups in total. The van der Waals surface area contributed by atoms with Gasteiger partial charge in [0.1, 0.15) is 5.01 Å². The van der Waals surface area contributed by atoms with Crippen LogP contribution in [0.4, 0.5) is 13.2 Å². The molecule has 0 amide bonds. The molecule has 0 aliphatic carbocycles. The van der Waals surface area contributed by atoms with Gasteiger partial charge in [0.25, 0.3) is 0 Å². The molecular weight excluding hydrogens is 375 g/mol. The van der Waals surface area contributed by atoms with Crippen molar-refractivity contribution < 1.29 is 13.2 Å². The average Bonchev–Trinajstić information content (AvgIpc) is 3.06. The average molecular weight is 406 g/mol. The Kier molecular flexibility index (Phi) is 8.34. The van der Waals surface area contributed by atoms with Crippen LogP contribution in [-0.4, -0.2) is 49.1 Å². The van der Waals surface area contributed by atoms with Crippen molar-refractivity contribution in [2.45, 2.75) is 45.8 Å². The van der Waals surface area contributed by atoms with E-state index in [2.05, 4.69) is 39.4 Å². The number of thiazole rings is 1. The minimum atomic E-state index is -4.39. The van der Waals surface area contributed by atoms with Gasteiger partial charge in [0.2, 0.25) is 0 Å². The zero-order valence-corrected chi connectivity index (χ0v) is 17.1. The van der Waals surface area contributed by atoms with Crippen LogP contribution in [0.5, 0.6) is 0 Å². The number of hydrogen-bond donors (Lipinski definition) is 2. The number of aromatic nitrogens is 1. The Labute approximate surface area is 163 Å². The fraction of sp³-hybridized carbons (Fsp3) is 0.778. The number of guanidine groups is 1. The van der Waals surface area contributed by atoms with Crippen LogP contribution in [-0.2, 0) is 12.7 Å². The van der Waals surface area contributed by atoms with E-state index in [4.69, 9.17) is 0 Å². The summed E-state index contributed by atoms with van der Waals surface area (Å²) >= 11 is 0.995. The van der Waals surface area contributed by atoms with Gasteiger partial charge in [-0.2, -0.15) is 13.2 Å². The second kappa shape index (κ2) is 10.3. The Bertz CT molecular complexity index is 592. The van der Waals surface area contributed by atoms with Gasteiger partial charge in [0.05, 0.1) is 6.54 Å². The van der Waals surface area contributed by atoms with Gasteiger partial charge in [-0.1, -0.05) is 13.8 Å². The molecule has 27 heavy (non-hydrogen) atoms. The van der Waals surface area contributed by atoms with Gasteiger partial charge in [-0.05, 0) is 37.6 Å². The van der Waals surface area contributed by atoms with Gasteiger partial charge in [0, 0.05) is 32.1 Å². The van der Waals surface area contributed by atoms with Gasteiger partial charge in [-0.25, -0.2) is 4.98 Å². The summed E-state index contributed by atoms with van der Waals surface area (Å²) in [6, 6.07) is 0. The minimum Gasteiger partial charge on any atom is -0.356 e. The molecule has 0 aromatic carbocycles. The van der Waals surface area contributed by atoms with E-state index in [0.29, 0.717) is 11.0 Å². The minimum absolute atomic E-state index is 0.226. The molecule has 0 saturated carbocycles. The zero-order valence-electron chi connectivity index (χ0n) is 16.3. The van der Waals surface area contributed by atoms with Crippen molar-refractivity contribution in [3.8, 4) is 0 Å². The van der Waals surface area contributed by atoms with Crippen LogP contribution in [0.2, 0.25) is 0 Å². The molecule has 1 saturated heterocycles. The second-order valence-corrected chi connectivity index (χ2v) is 8.33. The molecule has 2 heterocycles. The molecule has 2 atom stereocenters. The fourth-order valence-corrected chi connectivity index (χ4v) is 4.28. The third kappa shape index (κ3) is 7.65. The third-order valence-corrected chi connectivity index (χ3v) is 5.46. The van der Waals surface area contributed by atoms with Gasteiger partial charge in [0.15, 0.2) is 11.7 Å². The lowest BCUT2D eigenvalue weighted by atomic mass is 9.92. The van der Waals surface area contributed by atoms with E-state index in [9.17, 15) is 13.2 Å². The molecule has 0 spiro atoms. The number of likely N-dealkylation sites (tertiary alicyclic amines) is 1. The molecule has 154 valence electrons. The summed E-state index contributed by atoms with van der Waals surface area (Å²) in [5, 5.41) is 7.64. The molecular formula is C18H30F3N5S. The van der Waals surface area contributed by atoms with Crippen molar-refractivity contribution in [3.05, 3.63) is 16.1 Å². The van der Waals surface area contributed by atoms with E-state index in [1.807, 2.05) is 0 Å². The number of rotatable bonds is 7. The van der Waals surface area contributed by atoms with Crippen LogP contribution in [0.25, 0.3) is 0 Å². The van der Waals surface area contributed by atoms with Gasteiger partial charge >= 0.3 is 6.18 Å². The molecule has 2 rings (SSSR count). The Morgan fingerprint density at radius 2 is 1.96 bits per heavy atom. The van der Waals surface area contributed by atoms with Gasteiger partial charge < -0.3 is 15.5 Å². The lowest BCUT2D eigenvalue weighted by molar-refractivity contribution is -0.140. The topological polar surface area (TPSA) is 52.6 Å². The quantitative estimate of drug-likeness (QED) is 0.414. The molecule has 1 aromatic rings. The molecule has 0 radical (unpaired) electrons. The number of halogens is 3. The van der Waals surface area contributed by atoms with Crippen molar-refractivity contribution in [1.82, 2.24) is 20.5 Å². The van der Waals surface area contributed by atoms with Crippen molar-refractivity contribution in [3.63, 3.8) is 0 Å². The first kappa shape index (κ1) is 21.9. The number of alkyl halides is 3. The molecule has 1 aliphatic heterocycles. The Morgan fingerprint density at radius 3 is 2.56 bits per heavy atom. The van der Waals surface area contributed by atoms with E-state index in [-0.39, 0.29) is 6.54 Å². The molecule has 1 aromatic heterocycles.